The van der Waals surface area contributed by atoms with E-state index in [1.54, 1.807) is 0 Å². The smallest absolute Gasteiger partial charge is 0.231 e. The first kappa shape index (κ1) is 16.7. The minimum absolute atomic E-state index is 0.0843. The van der Waals surface area contributed by atoms with Crippen LogP contribution in [0.15, 0.2) is 35.3 Å². The molecule has 1 aromatic carbocycles. The highest BCUT2D eigenvalue weighted by atomic mass is 16.7. The number of hydrogen-bond donors (Lipinski definition) is 1. The predicted octanol–water partition coefficient (Wildman–Crippen LogP) is 2.76. The van der Waals surface area contributed by atoms with Crippen LogP contribution in [0.5, 0.6) is 11.5 Å². The Morgan fingerprint density at radius 3 is 2.56 bits per heavy atom. The second-order valence-corrected chi connectivity index (χ2v) is 7.93. The zero-order valence-corrected chi connectivity index (χ0v) is 15.8. The van der Waals surface area contributed by atoms with Crippen molar-refractivity contribution >= 4 is 5.78 Å². The number of carbonyl (C=O) groups is 1. The molecule has 3 aliphatic carbocycles. The van der Waals surface area contributed by atoms with Crippen molar-refractivity contribution in [1.82, 2.24) is 0 Å². The molecule has 4 atom stereocenters. The molecule has 1 fully saturated rings. The lowest BCUT2D eigenvalue weighted by molar-refractivity contribution is -0.130. The number of methoxy groups -OCH3 is 2. The molecule has 1 aliphatic heterocycles. The topological polar surface area (TPSA) is 74.2 Å². The van der Waals surface area contributed by atoms with Crippen LogP contribution in [-0.2, 0) is 19.7 Å². The van der Waals surface area contributed by atoms with E-state index in [0.717, 1.165) is 16.7 Å². The summed E-state index contributed by atoms with van der Waals surface area (Å²) in [5.41, 5.74) is 0.777. The SMILES string of the molecule is COC1=C(OC)C(=O)C23C(=C1)CC(C)C2(C)C(O)c1cc2c(cc13)OCO2. The fourth-order valence-electron chi connectivity index (χ4n) is 5.71. The third-order valence-electron chi connectivity index (χ3n) is 7.15. The first-order valence-corrected chi connectivity index (χ1v) is 9.11. The van der Waals surface area contributed by atoms with E-state index in [1.807, 2.05) is 25.1 Å². The minimum Gasteiger partial charge on any atom is -0.493 e. The lowest BCUT2D eigenvalue weighted by atomic mass is 9.58. The van der Waals surface area contributed by atoms with Crippen molar-refractivity contribution in [2.45, 2.75) is 31.8 Å². The van der Waals surface area contributed by atoms with Crippen LogP contribution in [-0.4, -0.2) is 31.9 Å². The maximum atomic E-state index is 13.9. The molecule has 0 radical (unpaired) electrons. The molecule has 27 heavy (non-hydrogen) atoms. The van der Waals surface area contributed by atoms with Gasteiger partial charge in [0.15, 0.2) is 17.3 Å². The molecule has 0 bridgehead atoms. The Morgan fingerprint density at radius 1 is 1.19 bits per heavy atom. The fraction of sp³-hybridized carbons (Fsp3) is 0.476. The summed E-state index contributed by atoms with van der Waals surface area (Å²) >= 11 is 0. The average molecular weight is 370 g/mol. The fourth-order valence-corrected chi connectivity index (χ4v) is 5.71. The van der Waals surface area contributed by atoms with E-state index in [0.29, 0.717) is 23.7 Å². The van der Waals surface area contributed by atoms with Gasteiger partial charge in [-0.3, -0.25) is 4.79 Å². The van der Waals surface area contributed by atoms with Gasteiger partial charge in [-0.1, -0.05) is 13.8 Å². The van der Waals surface area contributed by atoms with E-state index in [1.165, 1.54) is 14.2 Å². The molecular weight excluding hydrogens is 348 g/mol. The van der Waals surface area contributed by atoms with Gasteiger partial charge in [0.05, 0.1) is 25.7 Å². The van der Waals surface area contributed by atoms with Crippen molar-refractivity contribution in [2.24, 2.45) is 11.3 Å². The average Bonchev–Trinajstić information content (AvgIpc) is 3.26. The van der Waals surface area contributed by atoms with Gasteiger partial charge < -0.3 is 24.1 Å². The number of ether oxygens (including phenoxy) is 4. The first-order chi connectivity index (χ1) is 12.9. The van der Waals surface area contributed by atoms with Crippen LogP contribution < -0.4 is 9.47 Å². The summed E-state index contributed by atoms with van der Waals surface area (Å²) in [5, 5.41) is 11.4. The zero-order valence-electron chi connectivity index (χ0n) is 15.8. The second kappa shape index (κ2) is 5.07. The normalized spacial score (nSPS) is 35.6. The molecule has 1 aromatic rings. The number of aliphatic hydroxyl groups is 1. The quantitative estimate of drug-likeness (QED) is 0.863. The summed E-state index contributed by atoms with van der Waals surface area (Å²) in [6, 6.07) is 3.68. The molecule has 0 saturated heterocycles. The molecule has 142 valence electrons. The van der Waals surface area contributed by atoms with Gasteiger partial charge in [-0.25, -0.2) is 0 Å². The van der Waals surface area contributed by atoms with Crippen LogP contribution in [0.2, 0.25) is 0 Å². The van der Waals surface area contributed by atoms with E-state index in [4.69, 9.17) is 18.9 Å². The molecule has 6 heteroatoms. The molecule has 6 nitrogen and oxygen atoms in total. The van der Waals surface area contributed by atoms with Gasteiger partial charge in [0.25, 0.3) is 0 Å². The maximum Gasteiger partial charge on any atom is 0.231 e. The van der Waals surface area contributed by atoms with Gasteiger partial charge in [0.1, 0.15) is 0 Å². The van der Waals surface area contributed by atoms with Crippen LogP contribution in [0.3, 0.4) is 0 Å². The molecular formula is C21H22O6. The molecule has 1 N–H and O–H groups in total. The summed E-state index contributed by atoms with van der Waals surface area (Å²) in [6.07, 6.45) is 1.82. The van der Waals surface area contributed by atoms with E-state index in [9.17, 15) is 9.90 Å². The van der Waals surface area contributed by atoms with Gasteiger partial charge in [0.2, 0.25) is 18.3 Å². The molecule has 4 unspecified atom stereocenters. The Balaban J connectivity index is 1.85. The molecule has 5 rings (SSSR count). The number of hydrogen-bond acceptors (Lipinski definition) is 6. The van der Waals surface area contributed by atoms with Crippen molar-refractivity contribution in [3.63, 3.8) is 0 Å². The van der Waals surface area contributed by atoms with Crippen LogP contribution in [0.4, 0.5) is 0 Å². The van der Waals surface area contributed by atoms with Crippen LogP contribution in [0.25, 0.3) is 0 Å². The number of carbonyl (C=O) groups excluding carboxylic acids is 1. The molecule has 1 spiro atoms. The van der Waals surface area contributed by atoms with E-state index < -0.39 is 16.9 Å². The third-order valence-corrected chi connectivity index (χ3v) is 7.15. The largest absolute Gasteiger partial charge is 0.493 e. The van der Waals surface area contributed by atoms with Crippen LogP contribution in [0.1, 0.15) is 37.5 Å². The van der Waals surface area contributed by atoms with Gasteiger partial charge >= 0.3 is 0 Å². The summed E-state index contributed by atoms with van der Waals surface area (Å²) in [6.45, 7) is 4.23. The standard InChI is InChI=1S/C21H22O6/c1-10-5-11-6-16(24-3)17(25-4)19(23)21(11)13-8-15-14(26-9-27-15)7-12(13)18(22)20(10,21)2/h6-8,10,18,22H,5,9H2,1-4H3. The van der Waals surface area contributed by atoms with E-state index in [-0.39, 0.29) is 24.3 Å². The second-order valence-electron chi connectivity index (χ2n) is 7.93. The summed E-state index contributed by atoms with van der Waals surface area (Å²) in [4.78, 5) is 13.9. The minimum atomic E-state index is -0.991. The Kier molecular flexibility index (Phi) is 3.13. The Labute approximate surface area is 157 Å². The number of benzene rings is 1. The molecule has 1 saturated carbocycles. The Bertz CT molecular complexity index is 944. The van der Waals surface area contributed by atoms with E-state index in [2.05, 4.69) is 6.92 Å². The highest BCUT2D eigenvalue weighted by molar-refractivity contribution is 6.09. The van der Waals surface area contributed by atoms with E-state index >= 15 is 0 Å². The molecule has 0 amide bonds. The number of rotatable bonds is 2. The van der Waals surface area contributed by atoms with Crippen molar-refractivity contribution < 1.29 is 28.8 Å². The van der Waals surface area contributed by atoms with Gasteiger partial charge in [0, 0.05) is 5.41 Å². The number of Topliss-reactive ketones (excluding diaryl/α,β-unsaturated/α-hetero) is 1. The highest BCUT2D eigenvalue weighted by Crippen LogP contribution is 2.72. The number of ketones is 1. The summed E-state index contributed by atoms with van der Waals surface area (Å²) < 4.78 is 22.0. The van der Waals surface area contributed by atoms with Crippen LogP contribution in [0, 0.1) is 11.3 Å². The molecule has 1 heterocycles. The number of aliphatic hydroxyl groups excluding tert-OH is 1. The Hall–Kier alpha value is -2.47. The highest BCUT2D eigenvalue weighted by Gasteiger charge is 2.72. The van der Waals surface area contributed by atoms with Gasteiger partial charge in [-0.15, -0.1) is 0 Å². The van der Waals surface area contributed by atoms with Crippen LogP contribution >= 0.6 is 0 Å². The first-order valence-electron chi connectivity index (χ1n) is 9.11. The zero-order chi connectivity index (χ0) is 19.1. The molecule has 0 aromatic heterocycles. The van der Waals surface area contributed by atoms with Crippen molar-refractivity contribution in [1.29, 1.82) is 0 Å². The summed E-state index contributed by atoms with van der Waals surface area (Å²) in [5.74, 6) is 1.76. The molecule has 4 aliphatic rings. The monoisotopic (exact) mass is 370 g/mol. The number of fused-ring (bicyclic) bond motifs is 2. The van der Waals surface area contributed by atoms with Crippen molar-refractivity contribution in [3.05, 3.63) is 46.4 Å². The van der Waals surface area contributed by atoms with Gasteiger partial charge in [-0.2, -0.15) is 0 Å². The van der Waals surface area contributed by atoms with Gasteiger partial charge in [-0.05, 0) is 47.2 Å². The van der Waals surface area contributed by atoms with Crippen molar-refractivity contribution in [3.8, 4) is 11.5 Å². The lowest BCUT2D eigenvalue weighted by Crippen LogP contribution is -2.49. The maximum absolute atomic E-state index is 13.9. The summed E-state index contributed by atoms with van der Waals surface area (Å²) in [7, 11) is 3.01. The number of allylic oxidation sites excluding steroid dienone is 3. The van der Waals surface area contributed by atoms with Crippen molar-refractivity contribution in [2.75, 3.05) is 21.0 Å². The predicted molar refractivity (Wildman–Crippen MR) is 95.2 cm³/mol. The lowest BCUT2D eigenvalue weighted by Gasteiger charge is -2.43. The Morgan fingerprint density at radius 2 is 1.89 bits per heavy atom. The third kappa shape index (κ3) is 1.60.